The van der Waals surface area contributed by atoms with Crippen LogP contribution in [0, 0.1) is 0 Å². The van der Waals surface area contributed by atoms with Gasteiger partial charge >= 0.3 is 6.18 Å². The maximum Gasteiger partial charge on any atom is 0.451 e. The van der Waals surface area contributed by atoms with Crippen LogP contribution in [-0.2, 0) is 12.7 Å². The van der Waals surface area contributed by atoms with Crippen LogP contribution in [0.5, 0.6) is 5.88 Å². The number of nitrogens with one attached hydrogen (secondary N) is 1. The summed E-state index contributed by atoms with van der Waals surface area (Å²) in [6, 6.07) is 1.52. The van der Waals surface area contributed by atoms with E-state index in [-0.39, 0.29) is 12.0 Å². The smallest absolute Gasteiger partial charge is 0.451 e. The van der Waals surface area contributed by atoms with E-state index in [2.05, 4.69) is 15.3 Å². The summed E-state index contributed by atoms with van der Waals surface area (Å²) in [7, 11) is 1.85. The van der Waals surface area contributed by atoms with Gasteiger partial charge in [0.25, 0.3) is 0 Å². The number of hydrogen-bond donors (Lipinski definition) is 1. The van der Waals surface area contributed by atoms with Crippen LogP contribution in [0.2, 0.25) is 0 Å². The summed E-state index contributed by atoms with van der Waals surface area (Å²) in [5, 5.41) is 3.19. The van der Waals surface area contributed by atoms with Crippen molar-refractivity contribution < 1.29 is 17.9 Å². The van der Waals surface area contributed by atoms with E-state index in [0.29, 0.717) is 12.2 Å². The largest absolute Gasteiger partial charge is 0.474 e. The first-order valence-corrected chi connectivity index (χ1v) is 7.89. The van der Waals surface area contributed by atoms with E-state index in [1.54, 1.807) is 0 Å². The van der Waals surface area contributed by atoms with E-state index >= 15 is 0 Å². The SMILES string of the molecule is CCCN(C)Cc1cc(OC2CCNCC2)nc(C(F)(F)F)n1. The van der Waals surface area contributed by atoms with Crippen LogP contribution in [0.3, 0.4) is 0 Å². The van der Waals surface area contributed by atoms with Crippen molar-refractivity contribution in [1.82, 2.24) is 20.2 Å². The molecule has 130 valence electrons. The van der Waals surface area contributed by atoms with Gasteiger partial charge in [0.2, 0.25) is 11.7 Å². The zero-order chi connectivity index (χ0) is 16.9. The molecule has 0 amide bonds. The van der Waals surface area contributed by atoms with Crippen molar-refractivity contribution in [3.63, 3.8) is 0 Å². The highest BCUT2D eigenvalue weighted by Gasteiger charge is 2.36. The van der Waals surface area contributed by atoms with Crippen LogP contribution in [0.4, 0.5) is 13.2 Å². The first-order chi connectivity index (χ1) is 10.9. The molecule has 1 N–H and O–H groups in total. The van der Waals surface area contributed by atoms with E-state index in [9.17, 15) is 13.2 Å². The van der Waals surface area contributed by atoms with Gasteiger partial charge < -0.3 is 15.0 Å². The minimum Gasteiger partial charge on any atom is -0.474 e. The van der Waals surface area contributed by atoms with Crippen molar-refractivity contribution in [2.75, 3.05) is 26.7 Å². The van der Waals surface area contributed by atoms with Gasteiger partial charge in [0.15, 0.2) is 0 Å². The number of nitrogens with zero attached hydrogens (tertiary/aromatic N) is 3. The molecule has 23 heavy (non-hydrogen) atoms. The van der Waals surface area contributed by atoms with Gasteiger partial charge in [0.05, 0.1) is 5.69 Å². The molecule has 0 bridgehead atoms. The van der Waals surface area contributed by atoms with Crippen LogP contribution >= 0.6 is 0 Å². The minimum atomic E-state index is -4.58. The van der Waals surface area contributed by atoms with E-state index < -0.39 is 12.0 Å². The second kappa shape index (κ2) is 7.92. The van der Waals surface area contributed by atoms with Gasteiger partial charge in [-0.25, -0.2) is 4.98 Å². The molecule has 1 aromatic heterocycles. The number of hydrogen-bond acceptors (Lipinski definition) is 5. The summed E-state index contributed by atoms with van der Waals surface area (Å²) < 4.78 is 44.7. The standard InChI is InChI=1S/C15H23F3N4O/c1-3-8-22(2)10-11-9-13(21-14(20-11)15(16,17)18)23-12-4-6-19-7-5-12/h9,12,19H,3-8,10H2,1-2H3. The lowest BCUT2D eigenvalue weighted by atomic mass is 10.1. The number of piperidine rings is 1. The minimum absolute atomic E-state index is 0.0131. The van der Waals surface area contributed by atoms with Crippen LogP contribution in [0.25, 0.3) is 0 Å². The van der Waals surface area contributed by atoms with Gasteiger partial charge in [-0.1, -0.05) is 6.92 Å². The first kappa shape index (κ1) is 17.9. The maximum absolute atomic E-state index is 13.0. The van der Waals surface area contributed by atoms with Crippen LogP contribution < -0.4 is 10.1 Å². The number of aromatic nitrogens is 2. The molecule has 1 aliphatic heterocycles. The molecule has 0 spiro atoms. The Morgan fingerprint density at radius 3 is 2.61 bits per heavy atom. The zero-order valence-corrected chi connectivity index (χ0v) is 13.5. The topological polar surface area (TPSA) is 50.3 Å². The van der Waals surface area contributed by atoms with Gasteiger partial charge in [-0.05, 0) is 45.9 Å². The fourth-order valence-electron chi connectivity index (χ4n) is 2.56. The molecule has 0 aliphatic carbocycles. The second-order valence-corrected chi connectivity index (χ2v) is 5.82. The Labute approximate surface area is 134 Å². The van der Waals surface area contributed by atoms with E-state index in [1.165, 1.54) is 6.07 Å². The molecule has 0 atom stereocenters. The molecule has 2 rings (SSSR count). The molecule has 0 saturated carbocycles. The van der Waals surface area contributed by atoms with E-state index in [4.69, 9.17) is 4.74 Å². The number of rotatable bonds is 6. The van der Waals surface area contributed by atoms with Crippen molar-refractivity contribution in [1.29, 1.82) is 0 Å². The fourth-order valence-corrected chi connectivity index (χ4v) is 2.56. The fraction of sp³-hybridized carbons (Fsp3) is 0.733. The summed E-state index contributed by atoms with van der Waals surface area (Å²) in [6.07, 6.45) is -2.24. The Morgan fingerprint density at radius 2 is 2.00 bits per heavy atom. The molecule has 1 saturated heterocycles. The molecule has 2 heterocycles. The highest BCUT2D eigenvalue weighted by atomic mass is 19.4. The third-order valence-corrected chi connectivity index (χ3v) is 3.62. The van der Waals surface area contributed by atoms with E-state index in [0.717, 1.165) is 38.9 Å². The van der Waals surface area contributed by atoms with Gasteiger partial charge in [0.1, 0.15) is 6.10 Å². The highest BCUT2D eigenvalue weighted by Crippen LogP contribution is 2.28. The number of ether oxygens (including phenoxy) is 1. The van der Waals surface area contributed by atoms with Crippen LogP contribution in [0.1, 0.15) is 37.7 Å². The van der Waals surface area contributed by atoms with Crippen molar-refractivity contribution in [2.24, 2.45) is 0 Å². The zero-order valence-electron chi connectivity index (χ0n) is 13.5. The highest BCUT2D eigenvalue weighted by molar-refractivity contribution is 5.18. The molecule has 0 unspecified atom stereocenters. The molecule has 1 fully saturated rings. The maximum atomic E-state index is 13.0. The Morgan fingerprint density at radius 1 is 1.30 bits per heavy atom. The van der Waals surface area contributed by atoms with Crippen molar-refractivity contribution >= 4 is 0 Å². The first-order valence-electron chi connectivity index (χ1n) is 7.89. The predicted octanol–water partition coefficient (Wildman–Crippen LogP) is 2.47. The Hall–Kier alpha value is -1.41. The molecule has 5 nitrogen and oxygen atoms in total. The average Bonchev–Trinajstić information content (AvgIpc) is 2.47. The predicted molar refractivity (Wildman–Crippen MR) is 80.2 cm³/mol. The lowest BCUT2D eigenvalue weighted by Gasteiger charge is -2.24. The summed E-state index contributed by atoms with van der Waals surface area (Å²) in [5.41, 5.74) is 0.326. The molecule has 0 radical (unpaired) electrons. The molecule has 8 heteroatoms. The molecular weight excluding hydrogens is 309 g/mol. The summed E-state index contributed by atoms with van der Waals surface area (Å²) in [6.45, 7) is 4.74. The van der Waals surface area contributed by atoms with Gasteiger partial charge in [-0.2, -0.15) is 18.2 Å². The normalized spacial score (nSPS) is 16.8. The van der Waals surface area contributed by atoms with Gasteiger partial charge in [-0.15, -0.1) is 0 Å². The van der Waals surface area contributed by atoms with Crippen molar-refractivity contribution in [3.05, 3.63) is 17.6 Å². The van der Waals surface area contributed by atoms with E-state index in [1.807, 2.05) is 18.9 Å². The van der Waals surface area contributed by atoms with Gasteiger partial charge in [0, 0.05) is 12.6 Å². The Balaban J connectivity index is 2.18. The molecule has 1 aromatic rings. The monoisotopic (exact) mass is 332 g/mol. The summed E-state index contributed by atoms with van der Waals surface area (Å²) in [5.74, 6) is -1.12. The lowest BCUT2D eigenvalue weighted by molar-refractivity contribution is -0.145. The molecule has 0 aromatic carbocycles. The second-order valence-electron chi connectivity index (χ2n) is 5.82. The summed E-state index contributed by atoms with van der Waals surface area (Å²) in [4.78, 5) is 9.13. The third kappa shape index (κ3) is 5.62. The number of halogens is 3. The molecule has 1 aliphatic rings. The Bertz CT molecular complexity index is 504. The quantitative estimate of drug-likeness (QED) is 0.867. The third-order valence-electron chi connectivity index (χ3n) is 3.62. The molecular formula is C15H23F3N4O. The summed E-state index contributed by atoms with van der Waals surface area (Å²) >= 11 is 0. The van der Waals surface area contributed by atoms with Crippen molar-refractivity contribution in [3.8, 4) is 5.88 Å². The number of alkyl halides is 3. The van der Waals surface area contributed by atoms with Crippen molar-refractivity contribution in [2.45, 2.75) is 45.0 Å². The Kier molecular flexibility index (Phi) is 6.17. The van der Waals surface area contributed by atoms with Crippen LogP contribution in [0.15, 0.2) is 6.07 Å². The van der Waals surface area contributed by atoms with Crippen LogP contribution in [-0.4, -0.2) is 47.7 Å². The van der Waals surface area contributed by atoms with Gasteiger partial charge in [-0.3, -0.25) is 0 Å². The lowest BCUT2D eigenvalue weighted by Crippen LogP contribution is -2.34. The average molecular weight is 332 g/mol.